The summed E-state index contributed by atoms with van der Waals surface area (Å²) in [6, 6.07) is 0. The molecule has 2 heterocycles. The number of aliphatic hydroxyl groups is 2. The van der Waals surface area contributed by atoms with Gasteiger partial charge in [0.2, 0.25) is 0 Å². The molecule has 8 heteroatoms. The Hall–Kier alpha value is -1.54. The molecule has 2 N–H and O–H groups in total. The minimum atomic E-state index is -0.428. The molecule has 4 aliphatic rings. The van der Waals surface area contributed by atoms with Crippen LogP contribution in [0.5, 0.6) is 0 Å². The molecule has 6 atom stereocenters. The molecular weight excluding hydrogens is 364 g/mol. The van der Waals surface area contributed by atoms with Gasteiger partial charge >= 0.3 is 12.2 Å². The van der Waals surface area contributed by atoms with Crippen LogP contribution < -0.4 is 0 Å². The fourth-order valence-corrected chi connectivity index (χ4v) is 3.94. The average molecular weight is 399 g/mol. The van der Waals surface area contributed by atoms with Crippen LogP contribution in [0.4, 0.5) is 9.59 Å². The third-order valence-corrected chi connectivity index (χ3v) is 5.60. The van der Waals surface area contributed by atoms with E-state index in [0.717, 1.165) is 0 Å². The Bertz CT molecular complexity index is 547. The van der Waals surface area contributed by atoms with Gasteiger partial charge in [-0.05, 0) is 41.5 Å². The van der Waals surface area contributed by atoms with Gasteiger partial charge in [-0.25, -0.2) is 9.59 Å². The zero-order chi connectivity index (χ0) is 21.0. The van der Waals surface area contributed by atoms with Crippen LogP contribution in [0.25, 0.3) is 0 Å². The molecule has 4 rings (SSSR count). The van der Waals surface area contributed by atoms with Crippen molar-refractivity contribution in [1.29, 1.82) is 0 Å². The molecular formula is C20H34N2O6. The maximum atomic E-state index is 11.6. The molecule has 2 amide bonds. The molecule has 2 saturated carbocycles. The molecule has 2 saturated heterocycles. The van der Waals surface area contributed by atoms with Crippen LogP contribution in [0.15, 0.2) is 0 Å². The van der Waals surface area contributed by atoms with Crippen molar-refractivity contribution in [2.24, 2.45) is 23.7 Å². The third-order valence-electron chi connectivity index (χ3n) is 5.60. The Kier molecular flexibility index (Phi) is 5.34. The van der Waals surface area contributed by atoms with E-state index in [-0.39, 0.29) is 24.4 Å². The Morgan fingerprint density at radius 2 is 0.929 bits per heavy atom. The van der Waals surface area contributed by atoms with Gasteiger partial charge in [0, 0.05) is 49.9 Å². The van der Waals surface area contributed by atoms with Gasteiger partial charge < -0.3 is 29.5 Å². The van der Waals surface area contributed by atoms with Gasteiger partial charge in [-0.1, -0.05) is 0 Å². The van der Waals surface area contributed by atoms with E-state index in [1.165, 1.54) is 0 Å². The van der Waals surface area contributed by atoms with Gasteiger partial charge in [0.15, 0.2) is 0 Å². The van der Waals surface area contributed by atoms with Crippen molar-refractivity contribution in [1.82, 2.24) is 9.80 Å². The van der Waals surface area contributed by atoms with E-state index in [1.807, 2.05) is 41.5 Å². The molecule has 0 spiro atoms. The number of rotatable bonds is 0. The normalized spacial score (nSPS) is 35.4. The zero-order valence-electron chi connectivity index (χ0n) is 17.7. The summed E-state index contributed by atoms with van der Waals surface area (Å²) in [5.41, 5.74) is -0.856. The molecule has 0 radical (unpaired) electrons. The molecule has 160 valence electrons. The summed E-state index contributed by atoms with van der Waals surface area (Å²) in [7, 11) is 0. The summed E-state index contributed by atoms with van der Waals surface area (Å²) >= 11 is 0. The van der Waals surface area contributed by atoms with Crippen LogP contribution in [-0.2, 0) is 9.47 Å². The number of aliphatic hydroxyl groups excluding tert-OH is 2. The molecule has 2 aliphatic heterocycles. The highest BCUT2D eigenvalue weighted by Crippen LogP contribution is 2.46. The van der Waals surface area contributed by atoms with Crippen molar-refractivity contribution in [3.8, 4) is 0 Å². The second-order valence-electron chi connectivity index (χ2n) is 10.4. The Balaban J connectivity index is 0.000000161. The van der Waals surface area contributed by atoms with E-state index in [0.29, 0.717) is 49.9 Å². The van der Waals surface area contributed by atoms with Crippen molar-refractivity contribution < 1.29 is 29.3 Å². The van der Waals surface area contributed by atoms with E-state index in [9.17, 15) is 19.8 Å². The van der Waals surface area contributed by atoms with Gasteiger partial charge in [0.1, 0.15) is 11.2 Å². The van der Waals surface area contributed by atoms with Gasteiger partial charge in [-0.3, -0.25) is 0 Å². The van der Waals surface area contributed by atoms with E-state index in [4.69, 9.17) is 9.47 Å². The number of fused-ring (bicyclic) bond motifs is 2. The Morgan fingerprint density at radius 3 is 1.14 bits per heavy atom. The van der Waals surface area contributed by atoms with Crippen molar-refractivity contribution in [2.45, 2.75) is 65.0 Å². The summed E-state index contributed by atoms with van der Waals surface area (Å²) in [6.45, 7) is 13.8. The lowest BCUT2D eigenvalue weighted by Crippen LogP contribution is -2.37. The van der Waals surface area contributed by atoms with Crippen molar-refractivity contribution in [3.05, 3.63) is 0 Å². The fourth-order valence-electron chi connectivity index (χ4n) is 3.94. The molecule has 8 nitrogen and oxygen atoms in total. The van der Waals surface area contributed by atoms with Gasteiger partial charge in [0.25, 0.3) is 0 Å². The van der Waals surface area contributed by atoms with Crippen molar-refractivity contribution >= 4 is 12.2 Å². The second-order valence-corrected chi connectivity index (χ2v) is 10.4. The highest BCUT2D eigenvalue weighted by atomic mass is 16.6. The standard InChI is InChI=1S/2C10H17NO3/c2*1-10(2,3)14-9(13)11-4-6-7(5-11)8(6)12/h2*6-8,12H,4-5H2,1-3H3/t2*6-,7+,8?. The zero-order valence-corrected chi connectivity index (χ0v) is 17.7. The largest absolute Gasteiger partial charge is 0.444 e. The highest BCUT2D eigenvalue weighted by Gasteiger charge is 2.57. The quantitative estimate of drug-likeness (QED) is 0.644. The van der Waals surface area contributed by atoms with E-state index >= 15 is 0 Å². The monoisotopic (exact) mass is 398 g/mol. The summed E-state index contributed by atoms with van der Waals surface area (Å²) in [6.07, 6.45) is -0.851. The number of carbonyl (C=O) groups excluding carboxylic acids is 2. The number of nitrogens with zero attached hydrogens (tertiary/aromatic N) is 2. The van der Waals surface area contributed by atoms with Crippen LogP contribution in [0.1, 0.15) is 41.5 Å². The van der Waals surface area contributed by atoms with Crippen molar-refractivity contribution in [2.75, 3.05) is 26.2 Å². The topological polar surface area (TPSA) is 99.5 Å². The highest BCUT2D eigenvalue weighted by molar-refractivity contribution is 5.69. The Labute approximate surface area is 166 Å². The lowest BCUT2D eigenvalue weighted by atomic mass is 10.2. The molecule has 0 bridgehead atoms. The van der Waals surface area contributed by atoms with E-state index in [2.05, 4.69) is 0 Å². The van der Waals surface area contributed by atoms with Crippen LogP contribution in [0.2, 0.25) is 0 Å². The molecule has 0 aromatic rings. The number of piperidine rings is 2. The van der Waals surface area contributed by atoms with Crippen LogP contribution in [0, 0.1) is 23.7 Å². The average Bonchev–Trinajstić information content (AvgIpc) is 3.14. The lowest BCUT2D eigenvalue weighted by molar-refractivity contribution is 0.0237. The smallest absolute Gasteiger partial charge is 0.410 e. The lowest BCUT2D eigenvalue weighted by Gasteiger charge is -2.25. The number of hydrogen-bond donors (Lipinski definition) is 2. The summed E-state index contributed by atoms with van der Waals surface area (Å²) in [5.74, 6) is 1.23. The van der Waals surface area contributed by atoms with E-state index in [1.54, 1.807) is 9.80 Å². The van der Waals surface area contributed by atoms with Gasteiger partial charge in [-0.2, -0.15) is 0 Å². The number of likely N-dealkylation sites (tertiary alicyclic amines) is 2. The van der Waals surface area contributed by atoms with E-state index < -0.39 is 11.2 Å². The molecule has 0 aromatic heterocycles. The summed E-state index contributed by atoms with van der Waals surface area (Å²) in [4.78, 5) is 26.5. The Morgan fingerprint density at radius 1 is 0.679 bits per heavy atom. The molecule has 2 unspecified atom stereocenters. The summed E-state index contributed by atoms with van der Waals surface area (Å²) in [5, 5.41) is 18.6. The molecule has 28 heavy (non-hydrogen) atoms. The van der Waals surface area contributed by atoms with Gasteiger partial charge in [-0.15, -0.1) is 0 Å². The first-order chi connectivity index (χ1) is 12.8. The van der Waals surface area contributed by atoms with Crippen molar-refractivity contribution in [3.63, 3.8) is 0 Å². The maximum Gasteiger partial charge on any atom is 0.410 e. The van der Waals surface area contributed by atoms with Crippen LogP contribution >= 0.6 is 0 Å². The molecule has 0 aromatic carbocycles. The number of amides is 2. The first-order valence-electron chi connectivity index (χ1n) is 10.1. The predicted molar refractivity (Wildman–Crippen MR) is 102 cm³/mol. The summed E-state index contributed by atoms with van der Waals surface area (Å²) < 4.78 is 10.5. The van der Waals surface area contributed by atoms with Crippen LogP contribution in [0.3, 0.4) is 0 Å². The predicted octanol–water partition coefficient (Wildman–Crippen LogP) is 1.69. The number of ether oxygens (including phenoxy) is 2. The van der Waals surface area contributed by atoms with Gasteiger partial charge in [0.05, 0.1) is 12.2 Å². The van der Waals surface area contributed by atoms with Crippen LogP contribution in [-0.4, -0.2) is 81.8 Å². The minimum Gasteiger partial charge on any atom is -0.444 e. The maximum absolute atomic E-state index is 11.6. The second kappa shape index (κ2) is 7.06. The molecule has 4 fully saturated rings. The minimum absolute atomic E-state index is 0.173. The number of carbonyl (C=O) groups is 2. The first kappa shape index (κ1) is 21.2. The SMILES string of the molecule is CC(C)(C)OC(=O)N1C[C@@H]2C(O)[C@@H]2C1.CC(C)(C)OC(=O)N1C[C@@H]2C(O)[C@@H]2C1. The third kappa shape index (κ3) is 4.89. The first-order valence-corrected chi connectivity index (χ1v) is 10.1. The number of hydrogen-bond acceptors (Lipinski definition) is 6. The molecule has 2 aliphatic carbocycles. The fraction of sp³-hybridized carbons (Fsp3) is 0.900.